The first-order valence-corrected chi connectivity index (χ1v) is 5.59. The highest BCUT2D eigenvalue weighted by Crippen LogP contribution is 2.26. The van der Waals surface area contributed by atoms with Crippen molar-refractivity contribution in [2.24, 2.45) is 0 Å². The minimum absolute atomic E-state index is 0.312. The van der Waals surface area contributed by atoms with Gasteiger partial charge in [0.25, 0.3) is 0 Å². The first-order chi connectivity index (χ1) is 8.63. The maximum atomic E-state index is 10.3. The molecule has 0 bridgehead atoms. The summed E-state index contributed by atoms with van der Waals surface area (Å²) in [5.74, 6) is 0.312. The Morgan fingerprint density at radius 3 is 2.50 bits per heavy atom. The van der Waals surface area contributed by atoms with Gasteiger partial charge in [-0.2, -0.15) is 0 Å². The number of aryl methyl sites for hydroxylation is 2. The fraction of sp³-hybridized carbons (Fsp3) is 0.308. The van der Waals surface area contributed by atoms with Crippen molar-refractivity contribution in [3.63, 3.8) is 0 Å². The number of hydrogen-bond acceptors (Lipinski definition) is 5. The summed E-state index contributed by atoms with van der Waals surface area (Å²) >= 11 is 0. The summed E-state index contributed by atoms with van der Waals surface area (Å²) in [6, 6.07) is 1.97. The Bertz CT molecular complexity index is 558. The molecule has 2 aromatic heterocycles. The van der Waals surface area contributed by atoms with E-state index in [1.807, 2.05) is 19.9 Å². The molecule has 0 fully saturated rings. The van der Waals surface area contributed by atoms with E-state index in [9.17, 15) is 5.11 Å². The molecular weight excluding hydrogens is 230 g/mol. The Labute approximate surface area is 106 Å². The van der Waals surface area contributed by atoms with Crippen LogP contribution < -0.4 is 4.74 Å². The third-order valence-corrected chi connectivity index (χ3v) is 2.66. The predicted octanol–water partition coefficient (Wildman–Crippen LogP) is 1.58. The average Bonchev–Trinajstić information content (AvgIpc) is 2.38. The lowest BCUT2D eigenvalue weighted by Gasteiger charge is -2.14. The minimum atomic E-state index is -0.936. The minimum Gasteiger partial charge on any atom is -0.480 e. The van der Waals surface area contributed by atoms with Crippen molar-refractivity contribution in [2.75, 3.05) is 7.11 Å². The fourth-order valence-electron chi connectivity index (χ4n) is 1.82. The van der Waals surface area contributed by atoms with Gasteiger partial charge in [-0.3, -0.25) is 9.97 Å². The van der Waals surface area contributed by atoms with E-state index in [-0.39, 0.29) is 0 Å². The zero-order valence-electron chi connectivity index (χ0n) is 10.6. The van der Waals surface area contributed by atoms with E-state index in [1.54, 1.807) is 6.20 Å². The molecule has 0 aliphatic carbocycles. The van der Waals surface area contributed by atoms with Crippen molar-refractivity contribution >= 4 is 0 Å². The van der Waals surface area contributed by atoms with E-state index in [0.717, 1.165) is 11.1 Å². The molecule has 0 radical (unpaired) electrons. The molecular formula is C13H15N3O2. The largest absolute Gasteiger partial charge is 0.480 e. The normalized spacial score (nSPS) is 12.2. The summed E-state index contributed by atoms with van der Waals surface area (Å²) in [5, 5.41) is 10.3. The maximum absolute atomic E-state index is 10.3. The Kier molecular flexibility index (Phi) is 3.53. The van der Waals surface area contributed by atoms with Gasteiger partial charge in [-0.15, -0.1) is 0 Å². The lowest BCUT2D eigenvalue weighted by Crippen LogP contribution is -2.09. The number of aliphatic hydroxyl groups is 1. The van der Waals surface area contributed by atoms with Crippen LogP contribution in [0, 0.1) is 13.8 Å². The van der Waals surface area contributed by atoms with Crippen molar-refractivity contribution in [1.29, 1.82) is 0 Å². The van der Waals surface area contributed by atoms with E-state index in [2.05, 4.69) is 15.0 Å². The van der Waals surface area contributed by atoms with E-state index >= 15 is 0 Å². The van der Waals surface area contributed by atoms with E-state index < -0.39 is 6.10 Å². The molecule has 0 aliphatic heterocycles. The number of methoxy groups -OCH3 is 1. The second-order valence-corrected chi connectivity index (χ2v) is 4.07. The van der Waals surface area contributed by atoms with Gasteiger partial charge in [-0.25, -0.2) is 4.98 Å². The first kappa shape index (κ1) is 12.4. The molecule has 0 spiro atoms. The molecule has 0 aromatic carbocycles. The molecule has 2 aromatic rings. The zero-order valence-corrected chi connectivity index (χ0v) is 10.6. The lowest BCUT2D eigenvalue weighted by molar-refractivity contribution is 0.202. The third-order valence-electron chi connectivity index (χ3n) is 2.66. The molecule has 18 heavy (non-hydrogen) atoms. The highest BCUT2D eigenvalue weighted by atomic mass is 16.5. The van der Waals surface area contributed by atoms with E-state index in [0.29, 0.717) is 17.3 Å². The molecule has 0 amide bonds. The van der Waals surface area contributed by atoms with Crippen LogP contribution in [-0.2, 0) is 0 Å². The van der Waals surface area contributed by atoms with Crippen LogP contribution in [0.4, 0.5) is 0 Å². The number of hydrogen-bond donors (Lipinski definition) is 1. The number of ether oxygens (including phenoxy) is 1. The van der Waals surface area contributed by atoms with Crippen LogP contribution in [-0.4, -0.2) is 27.2 Å². The molecule has 1 N–H and O–H groups in total. The number of rotatable bonds is 3. The predicted molar refractivity (Wildman–Crippen MR) is 66.4 cm³/mol. The molecule has 2 rings (SSSR count). The number of aliphatic hydroxyl groups excluding tert-OH is 1. The molecule has 1 atom stereocenters. The summed E-state index contributed by atoms with van der Waals surface area (Å²) in [4.78, 5) is 12.4. The summed E-state index contributed by atoms with van der Waals surface area (Å²) < 4.78 is 5.09. The van der Waals surface area contributed by atoms with Crippen LogP contribution in [0.15, 0.2) is 24.7 Å². The van der Waals surface area contributed by atoms with Gasteiger partial charge in [0.2, 0.25) is 5.88 Å². The van der Waals surface area contributed by atoms with Gasteiger partial charge in [0.1, 0.15) is 11.8 Å². The van der Waals surface area contributed by atoms with Gasteiger partial charge in [0.15, 0.2) is 0 Å². The molecule has 5 heteroatoms. The fourth-order valence-corrected chi connectivity index (χ4v) is 1.82. The van der Waals surface area contributed by atoms with Gasteiger partial charge in [0.05, 0.1) is 12.8 Å². The smallest absolute Gasteiger partial charge is 0.238 e. The molecule has 2 heterocycles. The molecule has 5 nitrogen and oxygen atoms in total. The third kappa shape index (κ3) is 2.31. The van der Waals surface area contributed by atoms with Gasteiger partial charge < -0.3 is 9.84 Å². The number of pyridine rings is 1. The van der Waals surface area contributed by atoms with E-state index in [4.69, 9.17) is 4.74 Å². The van der Waals surface area contributed by atoms with Gasteiger partial charge in [0, 0.05) is 18.6 Å². The van der Waals surface area contributed by atoms with Crippen LogP contribution in [0.2, 0.25) is 0 Å². The van der Waals surface area contributed by atoms with Crippen LogP contribution in [0.1, 0.15) is 28.6 Å². The monoisotopic (exact) mass is 245 g/mol. The highest BCUT2D eigenvalue weighted by molar-refractivity contribution is 5.32. The zero-order chi connectivity index (χ0) is 13.1. The van der Waals surface area contributed by atoms with Crippen LogP contribution in [0.3, 0.4) is 0 Å². The highest BCUT2D eigenvalue weighted by Gasteiger charge is 2.20. The molecule has 94 valence electrons. The molecule has 0 saturated heterocycles. The standard InChI is InChI=1S/C13H15N3O2/c1-8-6-9(2)10(16-7-8)12(17)11-13(18-3)15-5-4-14-11/h4-7,12,17H,1-3H3. The van der Waals surface area contributed by atoms with Crippen LogP contribution >= 0.6 is 0 Å². The molecule has 0 aliphatic rings. The van der Waals surface area contributed by atoms with Crippen LogP contribution in [0.25, 0.3) is 0 Å². The summed E-state index contributed by atoms with van der Waals surface area (Å²) in [5.41, 5.74) is 2.91. The quantitative estimate of drug-likeness (QED) is 0.889. The van der Waals surface area contributed by atoms with Gasteiger partial charge in [-0.05, 0) is 25.0 Å². The van der Waals surface area contributed by atoms with Crippen molar-refractivity contribution < 1.29 is 9.84 Å². The Balaban J connectivity index is 2.44. The van der Waals surface area contributed by atoms with Crippen molar-refractivity contribution in [3.05, 3.63) is 47.2 Å². The lowest BCUT2D eigenvalue weighted by atomic mass is 10.1. The van der Waals surface area contributed by atoms with Crippen molar-refractivity contribution in [2.45, 2.75) is 20.0 Å². The van der Waals surface area contributed by atoms with Crippen LogP contribution in [0.5, 0.6) is 5.88 Å². The Morgan fingerprint density at radius 1 is 1.11 bits per heavy atom. The SMILES string of the molecule is COc1nccnc1C(O)c1ncc(C)cc1C. The van der Waals surface area contributed by atoms with Crippen molar-refractivity contribution in [3.8, 4) is 5.88 Å². The summed E-state index contributed by atoms with van der Waals surface area (Å²) in [7, 11) is 1.50. The van der Waals surface area contributed by atoms with Gasteiger partial charge >= 0.3 is 0 Å². The molecule has 0 saturated carbocycles. The summed E-state index contributed by atoms with van der Waals surface area (Å²) in [6.07, 6.45) is 3.82. The second-order valence-electron chi connectivity index (χ2n) is 4.07. The first-order valence-electron chi connectivity index (χ1n) is 5.59. The Morgan fingerprint density at radius 2 is 1.83 bits per heavy atom. The topological polar surface area (TPSA) is 68.1 Å². The van der Waals surface area contributed by atoms with Crippen molar-refractivity contribution in [1.82, 2.24) is 15.0 Å². The van der Waals surface area contributed by atoms with E-state index in [1.165, 1.54) is 19.5 Å². The van der Waals surface area contributed by atoms with Gasteiger partial charge in [-0.1, -0.05) is 6.07 Å². The number of nitrogens with zero attached hydrogens (tertiary/aromatic N) is 3. The second kappa shape index (κ2) is 5.10. The average molecular weight is 245 g/mol. The molecule has 1 unspecified atom stereocenters. The summed E-state index contributed by atoms with van der Waals surface area (Å²) in [6.45, 7) is 3.86. The Hall–Kier alpha value is -2.01. The number of aromatic nitrogens is 3. The maximum Gasteiger partial charge on any atom is 0.238 e.